The Balaban J connectivity index is 1.28. The first kappa shape index (κ1) is 21.7. The third-order valence-electron chi connectivity index (χ3n) is 5.38. The maximum atomic E-state index is 13.0. The van der Waals surface area contributed by atoms with Gasteiger partial charge in [0, 0.05) is 17.0 Å². The molecular weight excluding hydrogens is 458 g/mol. The molecule has 0 aliphatic carbocycles. The van der Waals surface area contributed by atoms with Crippen LogP contribution in [0.3, 0.4) is 0 Å². The highest BCUT2D eigenvalue weighted by Gasteiger charge is 2.35. The first-order valence-electron chi connectivity index (χ1n) is 10.4. The standard InChI is InChI=1S/C25H18ClN3O5/c26-19-9-7-16(8-10-19)20-12-21(22-2-1-11-32-22)29(28-20)24(30)14-33-25(31)18-5-3-17(4-6-18)23-13-27-15-34-23/h1-11,13,15,21H,12,14H2. The molecule has 0 radical (unpaired) electrons. The lowest BCUT2D eigenvalue weighted by molar-refractivity contribution is -0.136. The van der Waals surface area contributed by atoms with Gasteiger partial charge in [0.1, 0.15) is 11.8 Å². The first-order valence-corrected chi connectivity index (χ1v) is 10.8. The van der Waals surface area contributed by atoms with Crippen molar-refractivity contribution in [3.05, 3.63) is 101 Å². The SMILES string of the molecule is O=C(OCC(=O)N1N=C(c2ccc(Cl)cc2)CC1c1ccco1)c1ccc(-c2cnco2)cc1. The first-order chi connectivity index (χ1) is 16.6. The van der Waals surface area contributed by atoms with E-state index in [2.05, 4.69) is 10.1 Å². The predicted octanol–water partition coefficient (Wildman–Crippen LogP) is 5.12. The monoisotopic (exact) mass is 475 g/mol. The second-order valence-electron chi connectivity index (χ2n) is 7.55. The molecule has 4 aromatic rings. The highest BCUT2D eigenvalue weighted by Crippen LogP contribution is 2.33. The second kappa shape index (κ2) is 9.36. The molecule has 0 bridgehead atoms. The summed E-state index contributed by atoms with van der Waals surface area (Å²) in [4.78, 5) is 29.4. The molecule has 2 aromatic heterocycles. The minimum Gasteiger partial charge on any atom is -0.467 e. The van der Waals surface area contributed by atoms with Gasteiger partial charge in [0.15, 0.2) is 18.8 Å². The summed E-state index contributed by atoms with van der Waals surface area (Å²) < 4.78 is 16.0. The van der Waals surface area contributed by atoms with Gasteiger partial charge < -0.3 is 13.6 Å². The van der Waals surface area contributed by atoms with Crippen LogP contribution in [-0.4, -0.2) is 34.2 Å². The van der Waals surface area contributed by atoms with Crippen LogP contribution < -0.4 is 0 Å². The Kier molecular flexibility index (Phi) is 5.97. The summed E-state index contributed by atoms with van der Waals surface area (Å²) in [5.41, 5.74) is 2.64. The van der Waals surface area contributed by atoms with E-state index in [0.29, 0.717) is 34.2 Å². The molecule has 1 aliphatic heterocycles. The van der Waals surface area contributed by atoms with Gasteiger partial charge in [-0.2, -0.15) is 5.10 Å². The number of carbonyl (C=O) groups is 2. The number of esters is 1. The molecule has 1 atom stereocenters. The zero-order valence-electron chi connectivity index (χ0n) is 17.8. The van der Waals surface area contributed by atoms with E-state index in [4.69, 9.17) is 25.2 Å². The van der Waals surface area contributed by atoms with Crippen LogP contribution in [-0.2, 0) is 9.53 Å². The van der Waals surface area contributed by atoms with Gasteiger partial charge in [-0.3, -0.25) is 4.79 Å². The van der Waals surface area contributed by atoms with Crippen LogP contribution in [0.1, 0.15) is 34.1 Å². The van der Waals surface area contributed by atoms with Crippen LogP contribution in [0.25, 0.3) is 11.3 Å². The highest BCUT2D eigenvalue weighted by atomic mass is 35.5. The number of amides is 1. The van der Waals surface area contributed by atoms with E-state index in [9.17, 15) is 9.59 Å². The van der Waals surface area contributed by atoms with Gasteiger partial charge in [-0.15, -0.1) is 0 Å². The zero-order valence-corrected chi connectivity index (χ0v) is 18.5. The van der Waals surface area contributed by atoms with E-state index in [-0.39, 0.29) is 0 Å². The van der Waals surface area contributed by atoms with Gasteiger partial charge in [0.2, 0.25) is 0 Å². The molecule has 3 heterocycles. The normalized spacial score (nSPS) is 15.3. The smallest absolute Gasteiger partial charge is 0.338 e. The molecule has 0 spiro atoms. The Morgan fingerprint density at radius 3 is 2.47 bits per heavy atom. The van der Waals surface area contributed by atoms with Gasteiger partial charge >= 0.3 is 5.97 Å². The van der Waals surface area contributed by atoms with Gasteiger partial charge in [-0.25, -0.2) is 14.8 Å². The summed E-state index contributed by atoms with van der Waals surface area (Å²) in [5.74, 6) is 0.1000. The summed E-state index contributed by atoms with van der Waals surface area (Å²) in [6, 6.07) is 17.0. The Morgan fingerprint density at radius 1 is 1.03 bits per heavy atom. The number of hydrogen-bond donors (Lipinski definition) is 0. The highest BCUT2D eigenvalue weighted by molar-refractivity contribution is 6.30. The van der Waals surface area contributed by atoms with Crippen molar-refractivity contribution >= 4 is 29.2 Å². The molecule has 1 unspecified atom stereocenters. The zero-order chi connectivity index (χ0) is 23.5. The minimum atomic E-state index is -0.617. The second-order valence-corrected chi connectivity index (χ2v) is 7.98. The quantitative estimate of drug-likeness (QED) is 0.359. The summed E-state index contributed by atoms with van der Waals surface area (Å²) >= 11 is 5.99. The number of rotatable bonds is 6. The molecule has 0 fully saturated rings. The van der Waals surface area contributed by atoms with Gasteiger partial charge in [0.25, 0.3) is 5.91 Å². The molecular formula is C25H18ClN3O5. The molecule has 0 saturated heterocycles. The fourth-order valence-corrected chi connectivity index (χ4v) is 3.79. The number of benzene rings is 2. The third kappa shape index (κ3) is 4.49. The lowest BCUT2D eigenvalue weighted by atomic mass is 10.0. The van der Waals surface area contributed by atoms with Crippen molar-refractivity contribution in [3.63, 3.8) is 0 Å². The largest absolute Gasteiger partial charge is 0.467 e. The lowest BCUT2D eigenvalue weighted by Crippen LogP contribution is -2.31. The summed E-state index contributed by atoms with van der Waals surface area (Å²) in [5, 5.41) is 6.42. The van der Waals surface area contributed by atoms with E-state index < -0.39 is 24.5 Å². The molecule has 0 saturated carbocycles. The number of hydrazone groups is 1. The number of hydrogen-bond acceptors (Lipinski definition) is 7. The van der Waals surface area contributed by atoms with E-state index in [1.807, 2.05) is 12.1 Å². The van der Waals surface area contributed by atoms with Crippen molar-refractivity contribution in [2.24, 2.45) is 5.10 Å². The fourth-order valence-electron chi connectivity index (χ4n) is 3.67. The van der Waals surface area contributed by atoms with E-state index in [1.54, 1.807) is 61.0 Å². The van der Waals surface area contributed by atoms with Crippen molar-refractivity contribution in [1.82, 2.24) is 9.99 Å². The number of oxazole rings is 1. The lowest BCUT2D eigenvalue weighted by Gasteiger charge is -2.19. The molecule has 5 rings (SSSR count). The predicted molar refractivity (Wildman–Crippen MR) is 123 cm³/mol. The van der Waals surface area contributed by atoms with E-state index in [1.165, 1.54) is 11.4 Å². The summed E-state index contributed by atoms with van der Waals surface area (Å²) in [6.45, 7) is -0.461. The Morgan fingerprint density at radius 2 is 1.79 bits per heavy atom. The van der Waals surface area contributed by atoms with Crippen molar-refractivity contribution in [3.8, 4) is 11.3 Å². The fraction of sp³-hybridized carbons (Fsp3) is 0.120. The number of carbonyl (C=O) groups excluding carboxylic acids is 2. The Bertz CT molecular complexity index is 1310. The van der Waals surface area contributed by atoms with Crippen molar-refractivity contribution < 1.29 is 23.2 Å². The summed E-state index contributed by atoms with van der Waals surface area (Å²) in [7, 11) is 0. The van der Waals surface area contributed by atoms with E-state index >= 15 is 0 Å². The topological polar surface area (TPSA) is 98.1 Å². The Labute approximate surface area is 199 Å². The number of aromatic nitrogens is 1. The molecule has 9 heteroatoms. The molecule has 2 aromatic carbocycles. The summed E-state index contributed by atoms with van der Waals surface area (Å²) in [6.07, 6.45) is 4.91. The van der Waals surface area contributed by atoms with Crippen LogP contribution in [0, 0.1) is 0 Å². The molecule has 8 nitrogen and oxygen atoms in total. The van der Waals surface area contributed by atoms with Crippen LogP contribution >= 0.6 is 11.6 Å². The van der Waals surface area contributed by atoms with Crippen LogP contribution in [0.4, 0.5) is 0 Å². The molecule has 1 aliphatic rings. The van der Waals surface area contributed by atoms with Crippen LogP contribution in [0.5, 0.6) is 0 Å². The number of furan rings is 1. The maximum absolute atomic E-state index is 13.0. The van der Waals surface area contributed by atoms with Gasteiger partial charge in [-0.1, -0.05) is 35.9 Å². The molecule has 170 valence electrons. The van der Waals surface area contributed by atoms with Crippen LogP contribution in [0.2, 0.25) is 5.02 Å². The van der Waals surface area contributed by atoms with Gasteiger partial charge in [0.05, 0.1) is 23.7 Å². The number of ether oxygens (including phenoxy) is 1. The molecule has 1 amide bonds. The van der Waals surface area contributed by atoms with E-state index in [0.717, 1.165) is 11.1 Å². The minimum absolute atomic E-state index is 0.311. The number of halogens is 1. The van der Waals surface area contributed by atoms with Crippen molar-refractivity contribution in [2.45, 2.75) is 12.5 Å². The molecule has 34 heavy (non-hydrogen) atoms. The molecule has 0 N–H and O–H groups in total. The van der Waals surface area contributed by atoms with Crippen LogP contribution in [0.15, 0.2) is 93.5 Å². The maximum Gasteiger partial charge on any atom is 0.338 e. The average molecular weight is 476 g/mol. The van der Waals surface area contributed by atoms with Gasteiger partial charge in [-0.05, 0) is 42.0 Å². The van der Waals surface area contributed by atoms with Crippen molar-refractivity contribution in [2.75, 3.05) is 6.61 Å². The average Bonchev–Trinajstić information content (AvgIpc) is 3.64. The number of nitrogens with zero attached hydrogens (tertiary/aromatic N) is 3. The van der Waals surface area contributed by atoms with Crippen molar-refractivity contribution in [1.29, 1.82) is 0 Å². The third-order valence-corrected chi connectivity index (χ3v) is 5.63. The Hall–Kier alpha value is -4.17.